The molecule has 0 aromatic heterocycles. The van der Waals surface area contributed by atoms with Crippen molar-refractivity contribution in [2.75, 3.05) is 19.8 Å². The molecule has 138 valence electrons. The van der Waals surface area contributed by atoms with Gasteiger partial charge < -0.3 is 9.16 Å². The van der Waals surface area contributed by atoms with Crippen molar-refractivity contribution in [3.8, 4) is 11.8 Å². The van der Waals surface area contributed by atoms with Crippen LogP contribution in [0.2, 0.25) is 18.1 Å². The highest BCUT2D eigenvalue weighted by molar-refractivity contribution is 6.74. The molecule has 0 fully saturated rings. The van der Waals surface area contributed by atoms with E-state index >= 15 is 0 Å². The molecule has 0 aromatic carbocycles. The molecular formula is C18H33NO4Si. The minimum absolute atomic E-state index is 0.0912. The average Bonchev–Trinajstić information content (AvgIpc) is 2.37. The number of hydrogen-bond donors (Lipinski definition) is 0. The molecule has 0 saturated carbocycles. The highest BCUT2D eigenvalue weighted by Crippen LogP contribution is 2.36. The Morgan fingerprint density at radius 2 is 1.67 bits per heavy atom. The van der Waals surface area contributed by atoms with Crippen LogP contribution < -0.4 is 0 Å². The van der Waals surface area contributed by atoms with Crippen LogP contribution in [0.5, 0.6) is 0 Å². The summed E-state index contributed by atoms with van der Waals surface area (Å²) in [6.45, 7) is 20.6. The van der Waals surface area contributed by atoms with Crippen LogP contribution in [0.15, 0.2) is 12.7 Å². The van der Waals surface area contributed by atoms with Gasteiger partial charge in [-0.15, -0.1) is 6.58 Å². The smallest absolute Gasteiger partial charge is 0.434 e. The summed E-state index contributed by atoms with van der Waals surface area (Å²) in [6, 6.07) is 0. The molecule has 0 aliphatic carbocycles. The van der Waals surface area contributed by atoms with Gasteiger partial charge in [0, 0.05) is 0 Å². The summed E-state index contributed by atoms with van der Waals surface area (Å²) in [5, 5.41) is 1.27. The van der Waals surface area contributed by atoms with E-state index < -0.39 is 20.0 Å². The zero-order chi connectivity index (χ0) is 19.0. The third kappa shape index (κ3) is 9.11. The van der Waals surface area contributed by atoms with Gasteiger partial charge in [-0.3, -0.25) is 4.84 Å². The lowest BCUT2D eigenvalue weighted by atomic mass is 10.2. The normalized spacial score (nSPS) is 12.2. The monoisotopic (exact) mass is 355 g/mol. The molecule has 0 radical (unpaired) electrons. The molecule has 24 heavy (non-hydrogen) atoms. The largest absolute Gasteiger partial charge is 0.442 e. The van der Waals surface area contributed by atoms with E-state index in [2.05, 4.69) is 52.3 Å². The molecule has 0 heterocycles. The van der Waals surface area contributed by atoms with Crippen molar-refractivity contribution in [1.82, 2.24) is 5.06 Å². The van der Waals surface area contributed by atoms with E-state index in [1.165, 1.54) is 0 Å². The van der Waals surface area contributed by atoms with Crippen LogP contribution in [0.4, 0.5) is 4.79 Å². The second-order valence-electron chi connectivity index (χ2n) is 8.01. The highest BCUT2D eigenvalue weighted by atomic mass is 28.4. The minimum atomic E-state index is -1.79. The fraction of sp³-hybridized carbons (Fsp3) is 0.722. The first kappa shape index (κ1) is 22.7. The van der Waals surface area contributed by atoms with E-state index in [0.29, 0.717) is 6.61 Å². The van der Waals surface area contributed by atoms with Gasteiger partial charge in [0.05, 0.1) is 13.2 Å². The molecule has 0 N–H and O–H groups in total. The quantitative estimate of drug-likeness (QED) is 0.307. The van der Waals surface area contributed by atoms with Crippen molar-refractivity contribution < 1.29 is 18.8 Å². The van der Waals surface area contributed by atoms with Crippen LogP contribution in [0.1, 0.15) is 41.5 Å². The van der Waals surface area contributed by atoms with Gasteiger partial charge in [0.15, 0.2) is 8.32 Å². The van der Waals surface area contributed by atoms with Gasteiger partial charge in [0.2, 0.25) is 0 Å². The first-order valence-corrected chi connectivity index (χ1v) is 11.0. The third-order valence-electron chi connectivity index (χ3n) is 3.62. The highest BCUT2D eigenvalue weighted by Gasteiger charge is 2.36. The van der Waals surface area contributed by atoms with Gasteiger partial charge in [-0.05, 0) is 38.9 Å². The first-order valence-electron chi connectivity index (χ1n) is 8.14. The summed E-state index contributed by atoms with van der Waals surface area (Å²) in [5.41, 5.74) is -0.581. The maximum atomic E-state index is 12.0. The van der Waals surface area contributed by atoms with Gasteiger partial charge >= 0.3 is 6.09 Å². The van der Waals surface area contributed by atoms with E-state index in [9.17, 15) is 4.79 Å². The number of carbonyl (C=O) groups is 1. The van der Waals surface area contributed by atoms with E-state index in [1.807, 2.05) is 0 Å². The second kappa shape index (κ2) is 9.26. The Hall–Kier alpha value is -1.29. The van der Waals surface area contributed by atoms with E-state index in [-0.39, 0.29) is 18.2 Å². The SMILES string of the molecule is C=CCN(OCC#CCO[Si](C)(C)C(C)(C)C)C(=O)OC(C)(C)C. The summed E-state index contributed by atoms with van der Waals surface area (Å²) >= 11 is 0. The number of ether oxygens (including phenoxy) is 1. The van der Waals surface area contributed by atoms with E-state index in [4.69, 9.17) is 14.0 Å². The number of nitrogens with zero attached hydrogens (tertiary/aromatic N) is 1. The fourth-order valence-electron chi connectivity index (χ4n) is 1.26. The summed E-state index contributed by atoms with van der Waals surface area (Å²) in [6.07, 6.45) is 1.01. The fourth-order valence-corrected chi connectivity index (χ4v) is 2.12. The van der Waals surface area contributed by atoms with Crippen molar-refractivity contribution in [2.45, 2.75) is 65.3 Å². The van der Waals surface area contributed by atoms with Gasteiger partial charge in [-0.25, -0.2) is 4.79 Å². The summed E-state index contributed by atoms with van der Waals surface area (Å²) < 4.78 is 11.2. The third-order valence-corrected chi connectivity index (χ3v) is 8.10. The Balaban J connectivity index is 4.41. The van der Waals surface area contributed by atoms with Gasteiger partial charge in [-0.2, -0.15) is 5.06 Å². The molecule has 0 saturated heterocycles. The molecule has 1 amide bonds. The van der Waals surface area contributed by atoms with Crippen LogP contribution in [0.25, 0.3) is 0 Å². The van der Waals surface area contributed by atoms with Crippen molar-refractivity contribution in [2.24, 2.45) is 0 Å². The lowest BCUT2D eigenvalue weighted by Crippen LogP contribution is -2.40. The topological polar surface area (TPSA) is 48.0 Å². The van der Waals surface area contributed by atoms with E-state index in [1.54, 1.807) is 26.8 Å². The molecule has 0 unspecified atom stereocenters. The van der Waals surface area contributed by atoms with Crippen LogP contribution in [-0.2, 0) is 14.0 Å². The minimum Gasteiger partial charge on any atom is -0.442 e. The Morgan fingerprint density at radius 1 is 1.12 bits per heavy atom. The predicted octanol–water partition coefficient (Wildman–Crippen LogP) is 4.37. The number of rotatable bonds is 6. The van der Waals surface area contributed by atoms with Gasteiger partial charge in [-0.1, -0.05) is 38.7 Å². The molecule has 0 bridgehead atoms. The average molecular weight is 356 g/mol. The summed E-state index contributed by atoms with van der Waals surface area (Å²) in [4.78, 5) is 17.3. The van der Waals surface area contributed by atoms with Gasteiger partial charge in [0.25, 0.3) is 0 Å². The van der Waals surface area contributed by atoms with Crippen LogP contribution in [0.3, 0.4) is 0 Å². The van der Waals surface area contributed by atoms with E-state index in [0.717, 1.165) is 5.06 Å². The second-order valence-corrected chi connectivity index (χ2v) is 12.8. The Labute approximate surface area is 148 Å². The lowest BCUT2D eigenvalue weighted by molar-refractivity contribution is -0.129. The lowest BCUT2D eigenvalue weighted by Gasteiger charge is -2.35. The molecule has 6 heteroatoms. The zero-order valence-electron chi connectivity index (χ0n) is 16.5. The molecule has 0 spiro atoms. The molecule has 5 nitrogen and oxygen atoms in total. The number of carbonyl (C=O) groups excluding carboxylic acids is 1. The predicted molar refractivity (Wildman–Crippen MR) is 100 cm³/mol. The summed E-state index contributed by atoms with van der Waals surface area (Å²) in [7, 11) is -1.79. The van der Waals surface area contributed by atoms with Crippen molar-refractivity contribution in [3.05, 3.63) is 12.7 Å². The van der Waals surface area contributed by atoms with Crippen LogP contribution in [-0.4, -0.2) is 44.8 Å². The summed E-state index contributed by atoms with van der Waals surface area (Å²) in [5.74, 6) is 5.79. The molecule has 0 aliphatic rings. The molecule has 0 rings (SSSR count). The van der Waals surface area contributed by atoms with Crippen molar-refractivity contribution >= 4 is 14.4 Å². The van der Waals surface area contributed by atoms with Crippen LogP contribution in [0, 0.1) is 11.8 Å². The maximum absolute atomic E-state index is 12.0. The van der Waals surface area contributed by atoms with Crippen molar-refractivity contribution in [1.29, 1.82) is 0 Å². The van der Waals surface area contributed by atoms with Gasteiger partial charge in [0.1, 0.15) is 12.2 Å². The Bertz CT molecular complexity index is 478. The number of amides is 1. The Morgan fingerprint density at radius 3 is 2.12 bits per heavy atom. The molecule has 0 atom stereocenters. The molecule has 0 aromatic rings. The molecular weight excluding hydrogens is 322 g/mol. The van der Waals surface area contributed by atoms with Crippen molar-refractivity contribution in [3.63, 3.8) is 0 Å². The Kier molecular flexibility index (Phi) is 8.76. The molecule has 0 aliphatic heterocycles. The number of hydroxylamine groups is 2. The number of hydrogen-bond acceptors (Lipinski definition) is 4. The first-order chi connectivity index (χ1) is 10.8. The zero-order valence-corrected chi connectivity index (χ0v) is 17.5. The standard InChI is InChI=1S/C18H33NO4Si/c1-10-13-19(16(20)23-17(2,3)4)21-14-11-12-15-22-24(8,9)18(5,6)7/h10H,1,13-15H2,2-9H3. The maximum Gasteiger partial charge on any atom is 0.434 e. The van der Waals surface area contributed by atoms with Crippen LogP contribution >= 0.6 is 0 Å².